The van der Waals surface area contributed by atoms with Gasteiger partial charge in [-0.3, -0.25) is 4.79 Å². The van der Waals surface area contributed by atoms with E-state index < -0.39 is 0 Å². The number of ether oxygens (including phenoxy) is 1. The summed E-state index contributed by atoms with van der Waals surface area (Å²) in [4.78, 5) is 11.9. The van der Waals surface area contributed by atoms with Crippen molar-refractivity contribution < 1.29 is 13.9 Å². The van der Waals surface area contributed by atoms with Crippen LogP contribution in [-0.4, -0.2) is 19.1 Å². The molecule has 0 bridgehead atoms. The molecule has 0 radical (unpaired) electrons. The van der Waals surface area contributed by atoms with Crippen LogP contribution in [0.15, 0.2) is 41.0 Å². The zero-order valence-electron chi connectivity index (χ0n) is 13.4. The normalized spacial score (nSPS) is 10.3. The Balaban J connectivity index is 0.00000264. The minimum Gasteiger partial charge on any atom is -0.491 e. The summed E-state index contributed by atoms with van der Waals surface area (Å²) in [6, 6.07) is 9.58. The summed E-state index contributed by atoms with van der Waals surface area (Å²) in [6.45, 7) is 5.36. The Bertz CT molecular complexity index is 626. The van der Waals surface area contributed by atoms with E-state index >= 15 is 0 Å². The second kappa shape index (κ2) is 9.22. The monoisotopic (exact) mass is 338 g/mol. The van der Waals surface area contributed by atoms with Crippen LogP contribution >= 0.6 is 12.4 Å². The summed E-state index contributed by atoms with van der Waals surface area (Å²) in [5.41, 5.74) is 7.08. The zero-order chi connectivity index (χ0) is 15.9. The Kier molecular flexibility index (Phi) is 7.65. The van der Waals surface area contributed by atoms with Gasteiger partial charge in [0.2, 0.25) is 0 Å². The molecule has 0 aliphatic rings. The van der Waals surface area contributed by atoms with E-state index in [0.717, 1.165) is 11.3 Å². The van der Waals surface area contributed by atoms with Gasteiger partial charge in [-0.25, -0.2) is 0 Å². The van der Waals surface area contributed by atoms with E-state index in [9.17, 15) is 4.79 Å². The van der Waals surface area contributed by atoms with Gasteiger partial charge >= 0.3 is 0 Å². The lowest BCUT2D eigenvalue weighted by Crippen LogP contribution is -2.27. The SMILES string of the molecule is CC(C)c1ccccc1OCCNC(=O)c1coc(CN)c1.Cl. The maximum absolute atomic E-state index is 11.9. The molecule has 1 amide bonds. The third-order valence-corrected chi connectivity index (χ3v) is 3.30. The molecule has 126 valence electrons. The largest absolute Gasteiger partial charge is 0.491 e. The fourth-order valence-corrected chi connectivity index (χ4v) is 2.12. The molecule has 2 rings (SSSR count). The summed E-state index contributed by atoms with van der Waals surface area (Å²) >= 11 is 0. The smallest absolute Gasteiger partial charge is 0.254 e. The summed E-state index contributed by atoms with van der Waals surface area (Å²) in [5.74, 6) is 1.66. The molecule has 0 saturated heterocycles. The number of nitrogens with one attached hydrogen (secondary N) is 1. The molecule has 0 saturated carbocycles. The number of hydrogen-bond donors (Lipinski definition) is 2. The van der Waals surface area contributed by atoms with Gasteiger partial charge in [0, 0.05) is 0 Å². The Hall–Kier alpha value is -1.98. The first-order valence-electron chi connectivity index (χ1n) is 7.39. The van der Waals surface area contributed by atoms with E-state index in [1.165, 1.54) is 6.26 Å². The van der Waals surface area contributed by atoms with Gasteiger partial charge in [-0.1, -0.05) is 32.0 Å². The number of amides is 1. The highest BCUT2D eigenvalue weighted by molar-refractivity contribution is 5.93. The van der Waals surface area contributed by atoms with Crippen LogP contribution in [0.2, 0.25) is 0 Å². The van der Waals surface area contributed by atoms with Crippen LogP contribution in [0.3, 0.4) is 0 Å². The van der Waals surface area contributed by atoms with Crippen molar-refractivity contribution >= 4 is 18.3 Å². The van der Waals surface area contributed by atoms with Gasteiger partial charge in [0.25, 0.3) is 5.91 Å². The number of benzene rings is 1. The summed E-state index contributed by atoms with van der Waals surface area (Å²) in [5, 5.41) is 2.79. The maximum Gasteiger partial charge on any atom is 0.254 e. The van der Waals surface area contributed by atoms with Crippen molar-refractivity contribution in [3.8, 4) is 5.75 Å². The fourth-order valence-electron chi connectivity index (χ4n) is 2.12. The molecule has 6 heteroatoms. The predicted octanol–water partition coefficient (Wildman–Crippen LogP) is 3.09. The number of carbonyl (C=O) groups excluding carboxylic acids is 1. The van der Waals surface area contributed by atoms with Crippen molar-refractivity contribution in [2.24, 2.45) is 5.73 Å². The average Bonchev–Trinajstić information content (AvgIpc) is 3.00. The molecule has 1 aromatic heterocycles. The van der Waals surface area contributed by atoms with Gasteiger partial charge in [-0.15, -0.1) is 12.4 Å². The van der Waals surface area contributed by atoms with Gasteiger partial charge in [0.15, 0.2) is 0 Å². The minimum atomic E-state index is -0.191. The third-order valence-electron chi connectivity index (χ3n) is 3.30. The number of furan rings is 1. The van der Waals surface area contributed by atoms with Crippen LogP contribution in [-0.2, 0) is 6.54 Å². The summed E-state index contributed by atoms with van der Waals surface area (Å²) < 4.78 is 10.9. The standard InChI is InChI=1S/C17H22N2O3.ClH/c1-12(2)15-5-3-4-6-16(15)21-8-7-19-17(20)13-9-14(10-18)22-11-13;/h3-6,9,11-12H,7-8,10,18H2,1-2H3,(H,19,20);1H. The number of halogens is 1. The van der Waals surface area contributed by atoms with Crippen molar-refractivity contribution in [1.82, 2.24) is 5.32 Å². The highest BCUT2D eigenvalue weighted by Crippen LogP contribution is 2.25. The van der Waals surface area contributed by atoms with Crippen molar-refractivity contribution in [1.29, 1.82) is 0 Å². The molecular formula is C17H23ClN2O3. The molecule has 1 heterocycles. The van der Waals surface area contributed by atoms with Crippen molar-refractivity contribution in [2.45, 2.75) is 26.3 Å². The molecule has 0 spiro atoms. The Morgan fingerprint density at radius 3 is 2.74 bits per heavy atom. The van der Waals surface area contributed by atoms with Crippen LogP contribution in [0.25, 0.3) is 0 Å². The van der Waals surface area contributed by atoms with E-state index in [0.29, 0.717) is 30.4 Å². The second-order valence-corrected chi connectivity index (χ2v) is 5.30. The molecule has 3 N–H and O–H groups in total. The number of carbonyl (C=O) groups is 1. The third kappa shape index (κ3) is 5.30. The highest BCUT2D eigenvalue weighted by Gasteiger charge is 2.10. The lowest BCUT2D eigenvalue weighted by atomic mass is 10.0. The number of nitrogens with two attached hydrogens (primary N) is 1. The highest BCUT2D eigenvalue weighted by atomic mass is 35.5. The Morgan fingerprint density at radius 1 is 1.35 bits per heavy atom. The number of para-hydroxylation sites is 1. The van der Waals surface area contributed by atoms with Crippen LogP contribution in [0, 0.1) is 0 Å². The molecular weight excluding hydrogens is 316 g/mol. The molecule has 0 aliphatic carbocycles. The number of rotatable bonds is 7. The Morgan fingerprint density at radius 2 is 2.09 bits per heavy atom. The van der Waals surface area contributed by atoms with Gasteiger partial charge in [-0.05, 0) is 23.6 Å². The van der Waals surface area contributed by atoms with Crippen molar-refractivity contribution in [3.05, 3.63) is 53.5 Å². The number of hydrogen-bond acceptors (Lipinski definition) is 4. The van der Waals surface area contributed by atoms with Crippen LogP contribution in [0.1, 0.15) is 41.4 Å². The molecule has 0 unspecified atom stereocenters. The molecule has 0 fully saturated rings. The average molecular weight is 339 g/mol. The quantitative estimate of drug-likeness (QED) is 0.760. The lowest BCUT2D eigenvalue weighted by Gasteiger charge is -2.13. The van der Waals surface area contributed by atoms with Crippen molar-refractivity contribution in [3.63, 3.8) is 0 Å². The maximum atomic E-state index is 11.9. The summed E-state index contributed by atoms with van der Waals surface area (Å²) in [6.07, 6.45) is 1.41. The van der Waals surface area contributed by atoms with E-state index in [1.54, 1.807) is 6.07 Å². The van der Waals surface area contributed by atoms with E-state index in [-0.39, 0.29) is 24.9 Å². The molecule has 0 atom stereocenters. The first-order valence-corrected chi connectivity index (χ1v) is 7.39. The molecule has 0 aliphatic heterocycles. The van der Waals surface area contributed by atoms with Crippen LogP contribution in [0.4, 0.5) is 0 Å². The fraction of sp³-hybridized carbons (Fsp3) is 0.353. The van der Waals surface area contributed by atoms with Gasteiger partial charge in [-0.2, -0.15) is 0 Å². The topological polar surface area (TPSA) is 77.5 Å². The van der Waals surface area contributed by atoms with Crippen molar-refractivity contribution in [2.75, 3.05) is 13.2 Å². The zero-order valence-corrected chi connectivity index (χ0v) is 14.2. The van der Waals surface area contributed by atoms with Gasteiger partial charge in [0.05, 0.1) is 18.7 Å². The minimum absolute atomic E-state index is 0. The van der Waals surface area contributed by atoms with Gasteiger partial charge in [0.1, 0.15) is 24.4 Å². The second-order valence-electron chi connectivity index (χ2n) is 5.30. The molecule has 5 nitrogen and oxygen atoms in total. The van der Waals surface area contributed by atoms with E-state index in [2.05, 4.69) is 25.2 Å². The molecule has 1 aromatic carbocycles. The van der Waals surface area contributed by atoms with E-state index in [1.807, 2.05) is 18.2 Å². The summed E-state index contributed by atoms with van der Waals surface area (Å²) in [7, 11) is 0. The van der Waals surface area contributed by atoms with Crippen LogP contribution < -0.4 is 15.8 Å². The van der Waals surface area contributed by atoms with Gasteiger partial charge < -0.3 is 20.2 Å². The van der Waals surface area contributed by atoms with E-state index in [4.69, 9.17) is 14.9 Å². The Labute approximate surface area is 142 Å². The first-order chi connectivity index (χ1) is 10.6. The lowest BCUT2D eigenvalue weighted by molar-refractivity contribution is 0.0946. The molecule has 2 aromatic rings. The molecule has 23 heavy (non-hydrogen) atoms. The predicted molar refractivity (Wildman–Crippen MR) is 92.2 cm³/mol. The van der Waals surface area contributed by atoms with Crippen LogP contribution in [0.5, 0.6) is 5.75 Å². The first kappa shape index (κ1) is 19.1.